The molecule has 0 saturated carbocycles. The fourth-order valence-corrected chi connectivity index (χ4v) is 1.94. The SMILES string of the molecule is Cn1ccc2ccc(NC(=O)c3ccco3)cc21. The van der Waals surface area contributed by atoms with E-state index in [-0.39, 0.29) is 5.91 Å². The molecule has 1 amide bonds. The minimum Gasteiger partial charge on any atom is -0.459 e. The van der Waals surface area contributed by atoms with Crippen molar-refractivity contribution in [2.24, 2.45) is 7.05 Å². The van der Waals surface area contributed by atoms with Crippen molar-refractivity contribution in [3.05, 3.63) is 54.6 Å². The zero-order valence-electron chi connectivity index (χ0n) is 9.88. The zero-order valence-corrected chi connectivity index (χ0v) is 9.88. The van der Waals surface area contributed by atoms with Gasteiger partial charge in [-0.25, -0.2) is 0 Å². The second-order valence-electron chi connectivity index (χ2n) is 4.13. The summed E-state index contributed by atoms with van der Waals surface area (Å²) < 4.78 is 7.06. The van der Waals surface area contributed by atoms with Gasteiger partial charge in [-0.1, -0.05) is 6.07 Å². The Kier molecular flexibility index (Phi) is 2.41. The maximum absolute atomic E-state index is 11.8. The number of amides is 1. The highest BCUT2D eigenvalue weighted by molar-refractivity contribution is 6.03. The summed E-state index contributed by atoms with van der Waals surface area (Å²) in [6.07, 6.45) is 3.47. The van der Waals surface area contributed by atoms with Crippen LogP contribution in [0.5, 0.6) is 0 Å². The van der Waals surface area contributed by atoms with Crippen molar-refractivity contribution in [3.63, 3.8) is 0 Å². The summed E-state index contributed by atoms with van der Waals surface area (Å²) in [5.41, 5.74) is 1.83. The van der Waals surface area contributed by atoms with E-state index in [1.165, 1.54) is 6.26 Å². The van der Waals surface area contributed by atoms with Crippen molar-refractivity contribution < 1.29 is 9.21 Å². The molecule has 90 valence electrons. The predicted molar refractivity (Wildman–Crippen MR) is 69.6 cm³/mol. The van der Waals surface area contributed by atoms with Gasteiger partial charge in [-0.15, -0.1) is 0 Å². The van der Waals surface area contributed by atoms with Gasteiger partial charge in [-0.3, -0.25) is 4.79 Å². The van der Waals surface area contributed by atoms with E-state index in [0.29, 0.717) is 5.76 Å². The number of furan rings is 1. The molecule has 4 heteroatoms. The molecule has 0 aliphatic rings. The molecule has 0 saturated heterocycles. The summed E-state index contributed by atoms with van der Waals surface area (Å²) in [6.45, 7) is 0. The van der Waals surface area contributed by atoms with E-state index in [2.05, 4.69) is 5.32 Å². The fourth-order valence-electron chi connectivity index (χ4n) is 1.94. The highest BCUT2D eigenvalue weighted by Gasteiger charge is 2.09. The Morgan fingerprint density at radius 2 is 2.17 bits per heavy atom. The number of nitrogens with zero attached hydrogens (tertiary/aromatic N) is 1. The molecule has 0 radical (unpaired) electrons. The average Bonchev–Trinajstić information content (AvgIpc) is 3.00. The van der Waals surface area contributed by atoms with Gasteiger partial charge in [0.05, 0.1) is 6.26 Å². The number of hydrogen-bond acceptors (Lipinski definition) is 2. The summed E-state index contributed by atoms with van der Waals surface area (Å²) >= 11 is 0. The smallest absolute Gasteiger partial charge is 0.291 e. The van der Waals surface area contributed by atoms with Crippen LogP contribution in [0, 0.1) is 0 Å². The van der Waals surface area contributed by atoms with Crippen molar-refractivity contribution >= 4 is 22.5 Å². The molecule has 3 aromatic rings. The van der Waals surface area contributed by atoms with Crippen LogP contribution in [0.15, 0.2) is 53.3 Å². The van der Waals surface area contributed by atoms with Crippen molar-refractivity contribution in [1.82, 2.24) is 4.57 Å². The summed E-state index contributed by atoms with van der Waals surface area (Å²) in [6, 6.07) is 11.2. The Balaban J connectivity index is 1.91. The van der Waals surface area contributed by atoms with E-state index in [1.807, 2.05) is 42.1 Å². The van der Waals surface area contributed by atoms with E-state index >= 15 is 0 Å². The van der Waals surface area contributed by atoms with Crippen LogP contribution in [-0.2, 0) is 7.05 Å². The number of carbonyl (C=O) groups is 1. The molecule has 4 nitrogen and oxygen atoms in total. The Bertz CT molecular complexity index is 696. The molecule has 0 spiro atoms. The minimum atomic E-state index is -0.242. The molecule has 1 N–H and O–H groups in total. The van der Waals surface area contributed by atoms with Crippen molar-refractivity contribution in [2.45, 2.75) is 0 Å². The molecule has 0 atom stereocenters. The van der Waals surface area contributed by atoms with Crippen LogP contribution in [-0.4, -0.2) is 10.5 Å². The zero-order chi connectivity index (χ0) is 12.5. The predicted octanol–water partition coefficient (Wildman–Crippen LogP) is 3.02. The van der Waals surface area contributed by atoms with E-state index in [0.717, 1.165) is 16.6 Å². The molecule has 1 aromatic carbocycles. The molecular weight excluding hydrogens is 228 g/mol. The normalized spacial score (nSPS) is 10.7. The van der Waals surface area contributed by atoms with Crippen LogP contribution in [0.3, 0.4) is 0 Å². The van der Waals surface area contributed by atoms with Gasteiger partial charge in [-0.05, 0) is 35.7 Å². The van der Waals surface area contributed by atoms with Crippen molar-refractivity contribution in [2.75, 3.05) is 5.32 Å². The van der Waals surface area contributed by atoms with Crippen molar-refractivity contribution in [3.8, 4) is 0 Å². The lowest BCUT2D eigenvalue weighted by Gasteiger charge is -2.04. The highest BCUT2D eigenvalue weighted by atomic mass is 16.3. The van der Waals surface area contributed by atoms with Crippen LogP contribution < -0.4 is 5.32 Å². The Hall–Kier alpha value is -2.49. The lowest BCUT2D eigenvalue weighted by molar-refractivity contribution is 0.0996. The van der Waals surface area contributed by atoms with Gasteiger partial charge in [0.15, 0.2) is 5.76 Å². The van der Waals surface area contributed by atoms with Gasteiger partial charge in [0.1, 0.15) is 0 Å². The number of aryl methyl sites for hydroxylation is 1. The lowest BCUT2D eigenvalue weighted by Crippen LogP contribution is -2.10. The number of hydrogen-bond donors (Lipinski definition) is 1. The Morgan fingerprint density at radius 3 is 2.94 bits per heavy atom. The largest absolute Gasteiger partial charge is 0.459 e. The maximum atomic E-state index is 11.8. The van der Waals surface area contributed by atoms with E-state index in [1.54, 1.807) is 12.1 Å². The highest BCUT2D eigenvalue weighted by Crippen LogP contribution is 2.20. The number of rotatable bonds is 2. The fraction of sp³-hybridized carbons (Fsp3) is 0.0714. The number of anilines is 1. The third kappa shape index (κ3) is 1.78. The molecule has 0 unspecified atom stereocenters. The first-order valence-electron chi connectivity index (χ1n) is 5.64. The monoisotopic (exact) mass is 240 g/mol. The van der Waals surface area contributed by atoms with Gasteiger partial charge in [0.2, 0.25) is 0 Å². The Labute approximate surface area is 104 Å². The lowest BCUT2D eigenvalue weighted by atomic mass is 10.2. The summed E-state index contributed by atoms with van der Waals surface area (Å²) in [4.78, 5) is 11.8. The molecule has 0 aliphatic carbocycles. The van der Waals surface area contributed by atoms with Crippen LogP contribution in [0.4, 0.5) is 5.69 Å². The van der Waals surface area contributed by atoms with Crippen LogP contribution >= 0.6 is 0 Å². The van der Waals surface area contributed by atoms with Crippen molar-refractivity contribution in [1.29, 1.82) is 0 Å². The van der Waals surface area contributed by atoms with Crippen LogP contribution in [0.1, 0.15) is 10.6 Å². The molecule has 2 aromatic heterocycles. The van der Waals surface area contributed by atoms with Crippen LogP contribution in [0.2, 0.25) is 0 Å². The average molecular weight is 240 g/mol. The summed E-state index contributed by atoms with van der Waals surface area (Å²) in [5.74, 6) is 0.0653. The molecular formula is C14H12N2O2. The number of nitrogens with one attached hydrogen (secondary N) is 1. The molecule has 18 heavy (non-hydrogen) atoms. The number of benzene rings is 1. The van der Waals surface area contributed by atoms with Gasteiger partial charge in [0.25, 0.3) is 5.91 Å². The first-order valence-corrected chi connectivity index (χ1v) is 5.64. The standard InChI is InChI=1S/C14H12N2O2/c1-16-7-6-10-4-5-11(9-12(10)16)15-14(17)13-3-2-8-18-13/h2-9H,1H3,(H,15,17). The summed E-state index contributed by atoms with van der Waals surface area (Å²) in [7, 11) is 1.97. The van der Waals surface area contributed by atoms with Gasteiger partial charge >= 0.3 is 0 Å². The first-order chi connectivity index (χ1) is 8.74. The number of carbonyl (C=O) groups excluding carboxylic acids is 1. The van der Waals surface area contributed by atoms with E-state index in [4.69, 9.17) is 4.42 Å². The van der Waals surface area contributed by atoms with E-state index in [9.17, 15) is 4.79 Å². The molecule has 0 fully saturated rings. The first kappa shape index (κ1) is 10.7. The maximum Gasteiger partial charge on any atom is 0.291 e. The third-order valence-electron chi connectivity index (χ3n) is 2.89. The molecule has 0 bridgehead atoms. The third-order valence-corrected chi connectivity index (χ3v) is 2.89. The van der Waals surface area contributed by atoms with Gasteiger partial charge in [0, 0.05) is 24.4 Å². The van der Waals surface area contributed by atoms with Gasteiger partial charge in [-0.2, -0.15) is 0 Å². The molecule has 0 aliphatic heterocycles. The topological polar surface area (TPSA) is 47.2 Å². The Morgan fingerprint density at radius 1 is 1.28 bits per heavy atom. The number of fused-ring (bicyclic) bond motifs is 1. The minimum absolute atomic E-state index is 0.242. The van der Waals surface area contributed by atoms with Gasteiger partial charge < -0.3 is 14.3 Å². The summed E-state index contributed by atoms with van der Waals surface area (Å²) in [5, 5.41) is 3.95. The number of aromatic nitrogens is 1. The van der Waals surface area contributed by atoms with Crippen LogP contribution in [0.25, 0.3) is 10.9 Å². The molecule has 2 heterocycles. The van der Waals surface area contributed by atoms with E-state index < -0.39 is 0 Å². The molecule has 3 rings (SSSR count). The second kappa shape index (κ2) is 4.07. The second-order valence-corrected chi connectivity index (χ2v) is 4.13. The quantitative estimate of drug-likeness (QED) is 0.748.